The Morgan fingerprint density at radius 3 is 2.70 bits per heavy atom. The van der Waals surface area contributed by atoms with Crippen LogP contribution < -0.4 is 9.47 Å². The van der Waals surface area contributed by atoms with Crippen LogP contribution in [0.15, 0.2) is 30.5 Å². The summed E-state index contributed by atoms with van der Waals surface area (Å²) < 4.78 is 10.6. The minimum absolute atomic E-state index is 0.0318. The number of H-pyrrole nitrogens is 1. The average Bonchev–Trinajstić information content (AvgIpc) is 3.22. The number of aromatic nitrogens is 1. The molecule has 1 aromatic heterocycles. The number of carbonyl (C=O) groups is 1. The van der Waals surface area contributed by atoms with Crippen molar-refractivity contribution >= 4 is 17.5 Å². The molecular weight excluding hydrogens is 316 g/mol. The molecule has 1 saturated heterocycles. The van der Waals surface area contributed by atoms with Gasteiger partial charge in [0.05, 0.1) is 25.3 Å². The maximum absolute atomic E-state index is 12.7. The molecule has 122 valence electrons. The van der Waals surface area contributed by atoms with Gasteiger partial charge in [-0.25, -0.2) is 0 Å². The number of likely N-dealkylation sites (tertiary alicyclic amines) is 1. The predicted octanol–water partition coefficient (Wildman–Crippen LogP) is 3.66. The molecule has 5 nitrogen and oxygen atoms in total. The summed E-state index contributed by atoms with van der Waals surface area (Å²) in [6, 6.07) is 7.49. The van der Waals surface area contributed by atoms with Crippen molar-refractivity contribution in [2.24, 2.45) is 0 Å². The number of hydrogen-bond donors (Lipinski definition) is 1. The second-order valence-electron chi connectivity index (χ2n) is 5.50. The summed E-state index contributed by atoms with van der Waals surface area (Å²) in [4.78, 5) is 17.5. The van der Waals surface area contributed by atoms with Crippen LogP contribution in [0.2, 0.25) is 5.02 Å². The molecule has 1 N–H and O–H groups in total. The molecule has 1 aliphatic rings. The fourth-order valence-electron chi connectivity index (χ4n) is 3.06. The molecule has 0 aliphatic carbocycles. The van der Waals surface area contributed by atoms with E-state index in [9.17, 15) is 4.79 Å². The van der Waals surface area contributed by atoms with Crippen LogP contribution in [-0.2, 0) is 0 Å². The van der Waals surface area contributed by atoms with Crippen LogP contribution in [0.5, 0.6) is 11.5 Å². The van der Waals surface area contributed by atoms with E-state index in [0.717, 1.165) is 24.9 Å². The third-order valence-corrected chi connectivity index (χ3v) is 4.40. The maximum atomic E-state index is 12.7. The SMILES string of the molecule is COc1ccc(C2CCCN2C(=O)c2cc(Cl)c[nH]2)cc1OC. The van der Waals surface area contributed by atoms with Gasteiger partial charge >= 0.3 is 0 Å². The number of amides is 1. The van der Waals surface area contributed by atoms with Crippen molar-refractivity contribution in [1.29, 1.82) is 0 Å². The van der Waals surface area contributed by atoms with Crippen molar-refractivity contribution in [3.8, 4) is 11.5 Å². The number of nitrogens with one attached hydrogen (secondary N) is 1. The third-order valence-electron chi connectivity index (χ3n) is 4.18. The Kier molecular flexibility index (Phi) is 4.48. The predicted molar refractivity (Wildman–Crippen MR) is 88.4 cm³/mol. The number of nitrogens with zero attached hydrogens (tertiary/aromatic N) is 1. The van der Waals surface area contributed by atoms with Gasteiger partial charge in [0.2, 0.25) is 0 Å². The molecule has 1 unspecified atom stereocenters. The Hall–Kier alpha value is -2.14. The molecule has 1 amide bonds. The maximum Gasteiger partial charge on any atom is 0.270 e. The van der Waals surface area contributed by atoms with Gasteiger partial charge in [0.15, 0.2) is 11.5 Å². The monoisotopic (exact) mass is 334 g/mol. The molecule has 2 aromatic rings. The number of halogens is 1. The first-order chi connectivity index (χ1) is 11.1. The molecule has 2 heterocycles. The fraction of sp³-hybridized carbons (Fsp3) is 0.353. The van der Waals surface area contributed by atoms with Gasteiger partial charge in [-0.2, -0.15) is 0 Å². The number of methoxy groups -OCH3 is 2. The molecule has 0 spiro atoms. The highest BCUT2D eigenvalue weighted by Gasteiger charge is 2.31. The van der Waals surface area contributed by atoms with Gasteiger partial charge < -0.3 is 19.4 Å². The zero-order valence-corrected chi connectivity index (χ0v) is 13.9. The van der Waals surface area contributed by atoms with Gasteiger partial charge in [-0.15, -0.1) is 0 Å². The van der Waals surface area contributed by atoms with Gasteiger partial charge in [-0.3, -0.25) is 4.79 Å². The van der Waals surface area contributed by atoms with Crippen molar-refractivity contribution in [2.75, 3.05) is 20.8 Å². The van der Waals surface area contributed by atoms with Crippen LogP contribution in [0.4, 0.5) is 0 Å². The lowest BCUT2D eigenvalue weighted by Gasteiger charge is -2.25. The van der Waals surface area contributed by atoms with E-state index in [4.69, 9.17) is 21.1 Å². The molecule has 0 saturated carbocycles. The van der Waals surface area contributed by atoms with Gasteiger partial charge in [0.1, 0.15) is 5.69 Å². The minimum Gasteiger partial charge on any atom is -0.493 e. The summed E-state index contributed by atoms with van der Waals surface area (Å²) >= 11 is 5.91. The topological polar surface area (TPSA) is 54.6 Å². The van der Waals surface area contributed by atoms with Gasteiger partial charge in [0.25, 0.3) is 5.91 Å². The lowest BCUT2D eigenvalue weighted by atomic mass is 10.0. The molecule has 1 aromatic carbocycles. The Labute approximate surface area is 140 Å². The van der Waals surface area contributed by atoms with Gasteiger partial charge in [0, 0.05) is 12.7 Å². The Bertz CT molecular complexity index is 714. The van der Waals surface area contributed by atoms with E-state index in [1.807, 2.05) is 23.1 Å². The highest BCUT2D eigenvalue weighted by Crippen LogP contribution is 2.37. The summed E-state index contributed by atoms with van der Waals surface area (Å²) in [5.41, 5.74) is 1.56. The second-order valence-corrected chi connectivity index (χ2v) is 5.94. The third kappa shape index (κ3) is 3.01. The average molecular weight is 335 g/mol. The van der Waals surface area contributed by atoms with Crippen molar-refractivity contribution in [2.45, 2.75) is 18.9 Å². The first kappa shape index (κ1) is 15.7. The highest BCUT2D eigenvalue weighted by atomic mass is 35.5. The quantitative estimate of drug-likeness (QED) is 0.928. The van der Waals surface area contributed by atoms with Crippen LogP contribution >= 0.6 is 11.6 Å². The summed E-state index contributed by atoms with van der Waals surface area (Å²) in [5, 5.41) is 0.537. The Morgan fingerprint density at radius 2 is 2.04 bits per heavy atom. The molecule has 23 heavy (non-hydrogen) atoms. The van der Waals surface area contributed by atoms with Crippen LogP contribution in [0.25, 0.3) is 0 Å². The Morgan fingerprint density at radius 1 is 1.26 bits per heavy atom. The van der Waals surface area contributed by atoms with Crippen LogP contribution in [-0.4, -0.2) is 36.6 Å². The van der Waals surface area contributed by atoms with Crippen molar-refractivity contribution in [1.82, 2.24) is 9.88 Å². The first-order valence-electron chi connectivity index (χ1n) is 7.51. The molecule has 0 radical (unpaired) electrons. The highest BCUT2D eigenvalue weighted by molar-refractivity contribution is 6.30. The van der Waals surface area contributed by atoms with Crippen molar-refractivity contribution in [3.63, 3.8) is 0 Å². The lowest BCUT2D eigenvalue weighted by molar-refractivity contribution is 0.0730. The van der Waals surface area contributed by atoms with Crippen LogP contribution in [0, 0.1) is 0 Å². The number of aromatic amines is 1. The molecular formula is C17H19ClN2O3. The first-order valence-corrected chi connectivity index (χ1v) is 7.88. The number of benzene rings is 1. The molecule has 1 aliphatic heterocycles. The lowest BCUT2D eigenvalue weighted by Crippen LogP contribution is -2.30. The largest absolute Gasteiger partial charge is 0.493 e. The number of hydrogen-bond acceptors (Lipinski definition) is 3. The van der Waals surface area contributed by atoms with Crippen molar-refractivity contribution < 1.29 is 14.3 Å². The molecule has 3 rings (SSSR count). The molecule has 6 heteroatoms. The molecule has 1 atom stereocenters. The minimum atomic E-state index is -0.0332. The van der Waals surface area contributed by atoms with E-state index in [1.54, 1.807) is 26.5 Å². The summed E-state index contributed by atoms with van der Waals surface area (Å²) in [6.07, 6.45) is 3.52. The van der Waals surface area contributed by atoms with E-state index in [0.29, 0.717) is 22.2 Å². The van der Waals surface area contributed by atoms with E-state index < -0.39 is 0 Å². The van der Waals surface area contributed by atoms with Gasteiger partial charge in [-0.1, -0.05) is 17.7 Å². The normalized spacial score (nSPS) is 17.3. The fourth-order valence-corrected chi connectivity index (χ4v) is 3.23. The summed E-state index contributed by atoms with van der Waals surface area (Å²) in [5.74, 6) is 1.32. The number of ether oxygens (including phenoxy) is 2. The molecule has 1 fully saturated rings. The van der Waals surface area contributed by atoms with Crippen molar-refractivity contribution in [3.05, 3.63) is 46.7 Å². The summed E-state index contributed by atoms with van der Waals surface area (Å²) in [6.45, 7) is 0.731. The smallest absolute Gasteiger partial charge is 0.270 e. The van der Waals surface area contributed by atoms with Crippen LogP contribution in [0.3, 0.4) is 0 Å². The van der Waals surface area contributed by atoms with Crippen LogP contribution in [0.1, 0.15) is 34.9 Å². The van der Waals surface area contributed by atoms with E-state index in [-0.39, 0.29) is 11.9 Å². The Balaban J connectivity index is 1.88. The van der Waals surface area contributed by atoms with Gasteiger partial charge in [-0.05, 0) is 36.6 Å². The standard InChI is InChI=1S/C17H19ClN2O3/c1-22-15-6-5-11(8-16(15)23-2)14-4-3-7-20(14)17(21)13-9-12(18)10-19-13/h5-6,8-10,14,19H,3-4,7H2,1-2H3. The zero-order chi connectivity index (χ0) is 16.4. The van der Waals surface area contributed by atoms with E-state index >= 15 is 0 Å². The van der Waals surface area contributed by atoms with E-state index in [1.165, 1.54) is 0 Å². The summed E-state index contributed by atoms with van der Waals surface area (Å²) in [7, 11) is 3.22. The number of rotatable bonds is 4. The zero-order valence-electron chi connectivity index (χ0n) is 13.1. The second kappa shape index (κ2) is 6.54. The van der Waals surface area contributed by atoms with E-state index in [2.05, 4.69) is 4.98 Å². The molecule has 0 bridgehead atoms. The number of carbonyl (C=O) groups excluding carboxylic acids is 1.